The summed E-state index contributed by atoms with van der Waals surface area (Å²) in [4.78, 5) is 14.9. The topological polar surface area (TPSA) is 65.6 Å². The van der Waals surface area contributed by atoms with Crippen molar-refractivity contribution in [3.05, 3.63) is 29.1 Å². The number of ketones is 1. The second-order valence-corrected chi connectivity index (χ2v) is 4.07. The Balaban J connectivity index is 2.18. The van der Waals surface area contributed by atoms with E-state index < -0.39 is 17.7 Å². The molecule has 10 heteroatoms. The van der Waals surface area contributed by atoms with Gasteiger partial charge in [0, 0.05) is 7.05 Å². The van der Waals surface area contributed by atoms with Gasteiger partial charge in [-0.05, 0) is 0 Å². The molecule has 0 saturated heterocycles. The quantitative estimate of drug-likeness (QED) is 0.804. The van der Waals surface area contributed by atoms with E-state index in [0.717, 1.165) is 10.9 Å². The van der Waals surface area contributed by atoms with Crippen LogP contribution in [0, 0.1) is 0 Å². The number of hydrogen-bond donors (Lipinski definition) is 0. The lowest BCUT2D eigenvalue weighted by Crippen LogP contribution is -2.23. The molecule has 0 radical (unpaired) electrons. The van der Waals surface area contributed by atoms with Gasteiger partial charge < -0.3 is 4.57 Å². The summed E-state index contributed by atoms with van der Waals surface area (Å²) in [5.41, 5.74) is -0.757. The summed E-state index contributed by atoms with van der Waals surface area (Å²) in [7, 11) is 1.64. The van der Waals surface area contributed by atoms with Crippen LogP contribution in [0.2, 0.25) is 5.15 Å². The van der Waals surface area contributed by atoms with Gasteiger partial charge in [0.05, 0.1) is 12.4 Å². The van der Waals surface area contributed by atoms with Gasteiger partial charge in [0.25, 0.3) is 5.78 Å². The molecule has 0 aliphatic carbocycles. The SMILES string of the molecule is Cn1c(Cl)cnc1Cn1cc(C(=O)C(F)(F)F)nn1. The highest BCUT2D eigenvalue weighted by Crippen LogP contribution is 2.20. The monoisotopic (exact) mass is 293 g/mol. The van der Waals surface area contributed by atoms with Gasteiger partial charge in [-0.15, -0.1) is 5.10 Å². The van der Waals surface area contributed by atoms with E-state index in [1.165, 1.54) is 10.8 Å². The normalized spacial score (nSPS) is 11.8. The van der Waals surface area contributed by atoms with Crippen molar-refractivity contribution in [3.8, 4) is 0 Å². The third kappa shape index (κ3) is 2.75. The predicted molar refractivity (Wildman–Crippen MR) is 57.7 cm³/mol. The molecule has 0 amide bonds. The van der Waals surface area contributed by atoms with Gasteiger partial charge in [-0.1, -0.05) is 16.8 Å². The minimum atomic E-state index is -4.96. The van der Waals surface area contributed by atoms with Crippen molar-refractivity contribution in [1.29, 1.82) is 0 Å². The van der Waals surface area contributed by atoms with Crippen molar-refractivity contribution in [2.24, 2.45) is 7.05 Å². The van der Waals surface area contributed by atoms with E-state index in [2.05, 4.69) is 15.3 Å². The summed E-state index contributed by atoms with van der Waals surface area (Å²) in [6, 6.07) is 0. The zero-order chi connectivity index (χ0) is 14.2. The second kappa shape index (κ2) is 4.65. The van der Waals surface area contributed by atoms with Gasteiger partial charge in [0.1, 0.15) is 17.5 Å². The standard InChI is InChI=1S/C9H7ClF3N5O/c1-17-6(10)2-14-7(17)4-18-3-5(15-16-18)8(19)9(11,12)13/h2-3H,4H2,1H3. The molecule has 0 saturated carbocycles. The number of rotatable bonds is 3. The van der Waals surface area contributed by atoms with E-state index >= 15 is 0 Å². The summed E-state index contributed by atoms with van der Waals surface area (Å²) in [6.45, 7) is 0.0569. The van der Waals surface area contributed by atoms with E-state index in [-0.39, 0.29) is 6.54 Å². The van der Waals surface area contributed by atoms with Crippen molar-refractivity contribution in [2.45, 2.75) is 12.7 Å². The molecule has 2 rings (SSSR count). The van der Waals surface area contributed by atoms with Gasteiger partial charge in [0.15, 0.2) is 5.69 Å². The molecule has 0 N–H and O–H groups in total. The van der Waals surface area contributed by atoms with Crippen LogP contribution in [0.3, 0.4) is 0 Å². The van der Waals surface area contributed by atoms with Crippen LogP contribution in [-0.2, 0) is 13.6 Å². The highest BCUT2D eigenvalue weighted by Gasteiger charge is 2.41. The van der Waals surface area contributed by atoms with E-state index in [4.69, 9.17) is 11.6 Å². The maximum atomic E-state index is 12.2. The lowest BCUT2D eigenvalue weighted by atomic mass is 10.3. The lowest BCUT2D eigenvalue weighted by molar-refractivity contribution is -0.0888. The maximum Gasteiger partial charge on any atom is 0.456 e. The molecule has 6 nitrogen and oxygen atoms in total. The Hall–Kier alpha value is -1.90. The van der Waals surface area contributed by atoms with Crippen LogP contribution in [-0.4, -0.2) is 36.5 Å². The molecular formula is C9H7ClF3N5O. The van der Waals surface area contributed by atoms with E-state index in [1.54, 1.807) is 7.05 Å². The molecule has 0 bridgehead atoms. The first kappa shape index (κ1) is 13.5. The number of imidazole rings is 1. The fourth-order valence-electron chi connectivity index (χ4n) is 1.34. The van der Waals surface area contributed by atoms with Crippen LogP contribution >= 0.6 is 11.6 Å². The Bertz CT molecular complexity index is 618. The van der Waals surface area contributed by atoms with Crippen LogP contribution in [0.1, 0.15) is 16.3 Å². The van der Waals surface area contributed by atoms with Crippen LogP contribution < -0.4 is 0 Å². The van der Waals surface area contributed by atoms with Crippen molar-refractivity contribution in [3.63, 3.8) is 0 Å². The van der Waals surface area contributed by atoms with Crippen LogP contribution in [0.4, 0.5) is 13.2 Å². The molecule has 0 aromatic carbocycles. The molecule has 19 heavy (non-hydrogen) atoms. The molecule has 0 atom stereocenters. The average molecular weight is 294 g/mol. The van der Waals surface area contributed by atoms with Crippen LogP contribution in [0.15, 0.2) is 12.4 Å². The number of Topliss-reactive ketones (excluding diaryl/α,β-unsaturated/α-hetero) is 1. The molecule has 2 heterocycles. The van der Waals surface area contributed by atoms with Gasteiger partial charge in [0.2, 0.25) is 0 Å². The number of hydrogen-bond acceptors (Lipinski definition) is 4. The van der Waals surface area contributed by atoms with Gasteiger partial charge >= 0.3 is 6.18 Å². The molecular weight excluding hydrogens is 287 g/mol. The first-order valence-corrected chi connectivity index (χ1v) is 5.34. The van der Waals surface area contributed by atoms with Crippen LogP contribution in [0.5, 0.6) is 0 Å². The van der Waals surface area contributed by atoms with E-state index in [1.807, 2.05) is 0 Å². The average Bonchev–Trinajstić information content (AvgIpc) is 2.89. The summed E-state index contributed by atoms with van der Waals surface area (Å²) in [5.74, 6) is -1.56. The molecule has 0 spiro atoms. The van der Waals surface area contributed by atoms with Crippen molar-refractivity contribution in [2.75, 3.05) is 0 Å². The Morgan fingerprint density at radius 3 is 2.68 bits per heavy atom. The number of alkyl halides is 3. The maximum absolute atomic E-state index is 12.2. The molecule has 0 aliphatic rings. The van der Waals surface area contributed by atoms with E-state index in [0.29, 0.717) is 11.0 Å². The number of aromatic nitrogens is 5. The van der Waals surface area contributed by atoms with Gasteiger partial charge in [-0.3, -0.25) is 4.79 Å². The van der Waals surface area contributed by atoms with Gasteiger partial charge in [-0.25, -0.2) is 9.67 Å². The highest BCUT2D eigenvalue weighted by molar-refractivity contribution is 6.29. The molecule has 2 aromatic heterocycles. The zero-order valence-corrected chi connectivity index (χ0v) is 10.3. The highest BCUT2D eigenvalue weighted by atomic mass is 35.5. The number of halogens is 4. The minimum absolute atomic E-state index is 0.0569. The Kier molecular flexibility index (Phi) is 3.31. The minimum Gasteiger partial charge on any atom is -0.321 e. The molecule has 0 aliphatic heterocycles. The van der Waals surface area contributed by atoms with Crippen molar-refractivity contribution in [1.82, 2.24) is 24.5 Å². The number of carbonyl (C=O) groups excluding carboxylic acids is 1. The summed E-state index contributed by atoms with van der Waals surface area (Å²) in [5, 5.41) is 7.01. The Labute approximate surface area is 109 Å². The second-order valence-electron chi connectivity index (χ2n) is 3.68. The summed E-state index contributed by atoms with van der Waals surface area (Å²) in [6.07, 6.45) is -2.65. The Morgan fingerprint density at radius 2 is 2.16 bits per heavy atom. The zero-order valence-electron chi connectivity index (χ0n) is 9.52. The van der Waals surface area contributed by atoms with Crippen molar-refractivity contribution >= 4 is 17.4 Å². The third-order valence-corrected chi connectivity index (χ3v) is 2.71. The molecule has 0 fully saturated rings. The largest absolute Gasteiger partial charge is 0.456 e. The van der Waals surface area contributed by atoms with Crippen LogP contribution in [0.25, 0.3) is 0 Å². The predicted octanol–water partition coefficient (Wildman–Crippen LogP) is 1.46. The Morgan fingerprint density at radius 1 is 1.47 bits per heavy atom. The van der Waals surface area contributed by atoms with E-state index in [9.17, 15) is 18.0 Å². The fraction of sp³-hybridized carbons (Fsp3) is 0.333. The third-order valence-electron chi connectivity index (χ3n) is 2.36. The summed E-state index contributed by atoms with van der Waals surface area (Å²) >= 11 is 5.76. The van der Waals surface area contributed by atoms with Gasteiger partial charge in [-0.2, -0.15) is 13.2 Å². The van der Waals surface area contributed by atoms with Crippen molar-refractivity contribution < 1.29 is 18.0 Å². The molecule has 2 aromatic rings. The summed E-state index contributed by atoms with van der Waals surface area (Å²) < 4.78 is 39.2. The molecule has 0 unspecified atom stereocenters. The number of nitrogens with zero attached hydrogens (tertiary/aromatic N) is 5. The first-order valence-electron chi connectivity index (χ1n) is 4.97. The fourth-order valence-corrected chi connectivity index (χ4v) is 1.49. The lowest BCUT2D eigenvalue weighted by Gasteiger charge is -2.02. The first-order chi connectivity index (χ1) is 8.79. The smallest absolute Gasteiger partial charge is 0.321 e. The molecule has 102 valence electrons. The number of carbonyl (C=O) groups is 1.